The van der Waals surface area contributed by atoms with Crippen molar-refractivity contribution in [2.45, 2.75) is 0 Å². The van der Waals surface area contributed by atoms with Crippen LogP contribution in [-0.4, -0.2) is 32.6 Å². The van der Waals surface area contributed by atoms with Gasteiger partial charge in [0.1, 0.15) is 5.69 Å². The molecule has 3 aromatic rings. The lowest BCUT2D eigenvalue weighted by molar-refractivity contribution is 0.0601. The van der Waals surface area contributed by atoms with Crippen LogP contribution in [0.3, 0.4) is 0 Å². The molecule has 0 fully saturated rings. The van der Waals surface area contributed by atoms with Crippen molar-refractivity contribution in [2.75, 3.05) is 7.11 Å². The van der Waals surface area contributed by atoms with Crippen molar-refractivity contribution in [1.29, 1.82) is 0 Å². The van der Waals surface area contributed by atoms with E-state index in [1.54, 1.807) is 33.8 Å². The van der Waals surface area contributed by atoms with E-state index in [1.807, 2.05) is 19.4 Å². The average molecular weight is 256 g/mol. The third-order valence-corrected chi connectivity index (χ3v) is 2.88. The zero-order valence-corrected chi connectivity index (χ0v) is 10.6. The van der Waals surface area contributed by atoms with Crippen molar-refractivity contribution in [1.82, 2.24) is 19.6 Å². The van der Waals surface area contributed by atoms with Gasteiger partial charge in [0.15, 0.2) is 0 Å². The Balaban J connectivity index is 2.08. The fourth-order valence-electron chi connectivity index (χ4n) is 1.93. The Bertz CT molecular complexity index is 757. The highest BCUT2D eigenvalue weighted by Crippen LogP contribution is 2.17. The van der Waals surface area contributed by atoms with E-state index in [0.29, 0.717) is 5.56 Å². The molecule has 1 aromatic carbocycles. The van der Waals surface area contributed by atoms with Gasteiger partial charge in [-0.25, -0.2) is 9.48 Å². The molecule has 0 spiro atoms. The fourth-order valence-corrected chi connectivity index (χ4v) is 1.93. The summed E-state index contributed by atoms with van der Waals surface area (Å²) in [7, 11) is 3.22. The molecule has 0 amide bonds. The van der Waals surface area contributed by atoms with E-state index < -0.39 is 0 Å². The van der Waals surface area contributed by atoms with Gasteiger partial charge >= 0.3 is 5.97 Å². The van der Waals surface area contributed by atoms with E-state index in [1.165, 1.54) is 7.11 Å². The molecule has 19 heavy (non-hydrogen) atoms. The number of carbonyl (C=O) groups excluding carboxylic acids is 1. The number of aryl methyl sites for hydroxylation is 1. The summed E-state index contributed by atoms with van der Waals surface area (Å²) in [6.45, 7) is 0. The Morgan fingerprint density at radius 1 is 1.32 bits per heavy atom. The van der Waals surface area contributed by atoms with Gasteiger partial charge in [-0.05, 0) is 18.2 Å². The Kier molecular flexibility index (Phi) is 2.56. The molecule has 0 aliphatic carbocycles. The molecule has 0 radical (unpaired) electrons. The molecule has 0 saturated heterocycles. The van der Waals surface area contributed by atoms with Crippen LogP contribution in [0.4, 0.5) is 0 Å². The first-order chi connectivity index (χ1) is 9.17. The number of esters is 1. The van der Waals surface area contributed by atoms with Gasteiger partial charge in [0.05, 0.1) is 30.6 Å². The van der Waals surface area contributed by atoms with E-state index in [2.05, 4.69) is 10.2 Å². The van der Waals surface area contributed by atoms with Gasteiger partial charge in [0.2, 0.25) is 0 Å². The van der Waals surface area contributed by atoms with Crippen molar-refractivity contribution in [3.05, 3.63) is 42.4 Å². The average Bonchev–Trinajstić information content (AvgIpc) is 3.02. The number of aromatic nitrogens is 4. The molecule has 0 aliphatic heterocycles. The van der Waals surface area contributed by atoms with Crippen molar-refractivity contribution in [3.63, 3.8) is 0 Å². The molecule has 2 heterocycles. The highest BCUT2D eigenvalue weighted by atomic mass is 16.5. The number of carbonyl (C=O) groups is 1. The molecule has 96 valence electrons. The Labute approximate surface area is 109 Å². The number of benzene rings is 1. The smallest absolute Gasteiger partial charge is 0.337 e. The summed E-state index contributed by atoms with van der Waals surface area (Å²) >= 11 is 0. The van der Waals surface area contributed by atoms with Gasteiger partial charge in [-0.1, -0.05) is 0 Å². The van der Waals surface area contributed by atoms with Gasteiger partial charge in [0.25, 0.3) is 0 Å². The second kappa shape index (κ2) is 4.24. The van der Waals surface area contributed by atoms with E-state index >= 15 is 0 Å². The van der Waals surface area contributed by atoms with E-state index in [-0.39, 0.29) is 5.97 Å². The molecular formula is C13H12N4O2. The SMILES string of the molecule is COC(=O)c1ccc2nn(-c3cnn(C)c3)cc2c1. The molecule has 0 unspecified atom stereocenters. The zero-order valence-electron chi connectivity index (χ0n) is 10.6. The highest BCUT2D eigenvalue weighted by Gasteiger charge is 2.09. The first kappa shape index (κ1) is 11.5. The van der Waals surface area contributed by atoms with Crippen LogP contribution >= 0.6 is 0 Å². The maximum Gasteiger partial charge on any atom is 0.337 e. The molecule has 6 nitrogen and oxygen atoms in total. The summed E-state index contributed by atoms with van der Waals surface area (Å²) in [6.07, 6.45) is 5.46. The number of hydrogen-bond acceptors (Lipinski definition) is 4. The van der Waals surface area contributed by atoms with Crippen LogP contribution in [-0.2, 0) is 11.8 Å². The summed E-state index contributed by atoms with van der Waals surface area (Å²) in [5.74, 6) is -0.351. The minimum absolute atomic E-state index is 0.351. The largest absolute Gasteiger partial charge is 0.465 e. The first-order valence-corrected chi connectivity index (χ1v) is 5.74. The monoisotopic (exact) mass is 256 g/mol. The van der Waals surface area contributed by atoms with Gasteiger partial charge in [-0.3, -0.25) is 4.68 Å². The van der Waals surface area contributed by atoms with Crippen LogP contribution < -0.4 is 0 Å². The third kappa shape index (κ3) is 1.97. The highest BCUT2D eigenvalue weighted by molar-refractivity contribution is 5.94. The van der Waals surface area contributed by atoms with Crippen LogP contribution in [0.1, 0.15) is 10.4 Å². The van der Waals surface area contributed by atoms with Crippen molar-refractivity contribution in [2.24, 2.45) is 7.05 Å². The molecule has 6 heteroatoms. The molecule has 0 N–H and O–H groups in total. The van der Waals surface area contributed by atoms with Gasteiger partial charge in [0, 0.05) is 18.6 Å². The number of nitrogens with zero attached hydrogens (tertiary/aromatic N) is 4. The van der Waals surface area contributed by atoms with Crippen LogP contribution in [0.5, 0.6) is 0 Å². The lowest BCUT2D eigenvalue weighted by Crippen LogP contribution is -2.00. The van der Waals surface area contributed by atoms with Gasteiger partial charge < -0.3 is 4.74 Å². The number of hydrogen-bond donors (Lipinski definition) is 0. The maximum atomic E-state index is 11.5. The van der Waals surface area contributed by atoms with E-state index in [9.17, 15) is 4.79 Å². The number of fused-ring (bicyclic) bond motifs is 1. The molecule has 0 bridgehead atoms. The van der Waals surface area contributed by atoms with Gasteiger partial charge in [-0.2, -0.15) is 10.2 Å². The second-order valence-corrected chi connectivity index (χ2v) is 4.21. The minimum Gasteiger partial charge on any atom is -0.465 e. The molecule has 0 saturated carbocycles. The topological polar surface area (TPSA) is 61.9 Å². The lowest BCUT2D eigenvalue weighted by Gasteiger charge is -1.97. The molecular weight excluding hydrogens is 244 g/mol. The summed E-state index contributed by atoms with van der Waals surface area (Å²) in [6, 6.07) is 5.27. The fraction of sp³-hybridized carbons (Fsp3) is 0.154. The number of methoxy groups -OCH3 is 1. The van der Waals surface area contributed by atoms with E-state index in [0.717, 1.165) is 16.6 Å². The van der Waals surface area contributed by atoms with Crippen molar-refractivity contribution in [3.8, 4) is 5.69 Å². The summed E-state index contributed by atoms with van der Waals surface area (Å²) in [5, 5.41) is 9.42. The quantitative estimate of drug-likeness (QED) is 0.652. The van der Waals surface area contributed by atoms with E-state index in [4.69, 9.17) is 4.74 Å². The first-order valence-electron chi connectivity index (χ1n) is 5.74. The summed E-state index contributed by atoms with van der Waals surface area (Å²) in [5.41, 5.74) is 2.20. The van der Waals surface area contributed by atoms with Gasteiger partial charge in [-0.15, -0.1) is 0 Å². The third-order valence-electron chi connectivity index (χ3n) is 2.88. The minimum atomic E-state index is -0.351. The standard InChI is InChI=1S/C13H12N4O2/c1-16-8-11(6-14-16)17-7-10-5-9(13(18)19-2)3-4-12(10)15-17/h3-8H,1-2H3. The van der Waals surface area contributed by atoms with Crippen LogP contribution in [0, 0.1) is 0 Å². The lowest BCUT2D eigenvalue weighted by atomic mass is 10.2. The molecule has 0 aliphatic rings. The number of ether oxygens (including phenoxy) is 1. The molecule has 0 atom stereocenters. The molecule has 3 rings (SSSR count). The Morgan fingerprint density at radius 2 is 2.16 bits per heavy atom. The summed E-state index contributed by atoms with van der Waals surface area (Å²) < 4.78 is 8.15. The molecule has 2 aromatic heterocycles. The number of rotatable bonds is 2. The predicted octanol–water partition coefficient (Wildman–Crippen LogP) is 1.55. The van der Waals surface area contributed by atoms with Crippen LogP contribution in [0.2, 0.25) is 0 Å². The van der Waals surface area contributed by atoms with Crippen molar-refractivity contribution >= 4 is 16.9 Å². The second-order valence-electron chi connectivity index (χ2n) is 4.21. The van der Waals surface area contributed by atoms with Crippen LogP contribution in [0.15, 0.2) is 36.8 Å². The van der Waals surface area contributed by atoms with Crippen molar-refractivity contribution < 1.29 is 9.53 Å². The Hall–Kier alpha value is -2.63. The normalized spacial score (nSPS) is 10.8. The summed E-state index contributed by atoms with van der Waals surface area (Å²) in [4.78, 5) is 11.5. The maximum absolute atomic E-state index is 11.5. The van der Waals surface area contributed by atoms with Crippen LogP contribution in [0.25, 0.3) is 16.6 Å². The predicted molar refractivity (Wildman–Crippen MR) is 69.2 cm³/mol. The Morgan fingerprint density at radius 3 is 2.84 bits per heavy atom. The zero-order chi connectivity index (χ0) is 13.4.